The Balaban J connectivity index is 1.52. The van der Waals surface area contributed by atoms with Crippen LogP contribution >= 0.6 is 11.3 Å². The number of carbonyl (C=O) groups is 2. The summed E-state index contributed by atoms with van der Waals surface area (Å²) in [6, 6.07) is 11.6. The minimum Gasteiger partial charge on any atom is -0.463 e. The van der Waals surface area contributed by atoms with Crippen LogP contribution in [-0.2, 0) is 17.9 Å². The summed E-state index contributed by atoms with van der Waals surface area (Å²) in [5.41, 5.74) is 0.415. The molecule has 6 nitrogen and oxygen atoms in total. The molecule has 5 rings (SSSR count). The lowest BCUT2D eigenvalue weighted by Crippen LogP contribution is -2.64. The molecular weight excluding hydrogens is 410 g/mol. The predicted molar refractivity (Wildman–Crippen MR) is 120 cm³/mol. The maximum Gasteiger partial charge on any atom is 0.271 e. The molecule has 4 heterocycles. The van der Waals surface area contributed by atoms with Crippen LogP contribution in [0.3, 0.4) is 0 Å². The number of carbonyl (C=O) groups excluding carboxylic acids is 2. The molecule has 31 heavy (non-hydrogen) atoms. The van der Waals surface area contributed by atoms with E-state index in [2.05, 4.69) is 5.32 Å². The number of furan rings is 1. The van der Waals surface area contributed by atoms with E-state index in [9.17, 15) is 9.59 Å². The lowest BCUT2D eigenvalue weighted by molar-refractivity contribution is -0.134. The zero-order valence-electron chi connectivity index (χ0n) is 17.7. The highest BCUT2D eigenvalue weighted by Gasteiger charge is 2.48. The third-order valence-electron chi connectivity index (χ3n) is 6.60. The van der Waals surface area contributed by atoms with Gasteiger partial charge in [-0.3, -0.25) is 9.59 Å². The van der Waals surface area contributed by atoms with Gasteiger partial charge in [-0.2, -0.15) is 0 Å². The zero-order valence-corrected chi connectivity index (χ0v) is 18.5. The molecule has 7 heteroatoms. The lowest BCUT2D eigenvalue weighted by atomic mass is 9.91. The molecule has 1 aliphatic heterocycles. The van der Waals surface area contributed by atoms with Crippen LogP contribution in [0.4, 0.5) is 0 Å². The minimum atomic E-state index is -0.994. The molecular formula is C24H27N3O3S. The van der Waals surface area contributed by atoms with Gasteiger partial charge in [0.2, 0.25) is 5.91 Å². The van der Waals surface area contributed by atoms with E-state index < -0.39 is 5.54 Å². The van der Waals surface area contributed by atoms with Crippen LogP contribution in [0.5, 0.6) is 0 Å². The summed E-state index contributed by atoms with van der Waals surface area (Å²) in [5, 5.41) is 5.27. The van der Waals surface area contributed by atoms with Gasteiger partial charge in [-0.15, -0.1) is 11.3 Å². The lowest BCUT2D eigenvalue weighted by Gasteiger charge is -2.45. The first kappa shape index (κ1) is 20.1. The molecule has 162 valence electrons. The van der Waals surface area contributed by atoms with Crippen molar-refractivity contribution in [3.63, 3.8) is 0 Å². The molecule has 0 unspecified atom stereocenters. The number of hydrogen-bond donors (Lipinski definition) is 1. The summed E-state index contributed by atoms with van der Waals surface area (Å²) in [4.78, 5) is 30.1. The Morgan fingerprint density at radius 1 is 1.16 bits per heavy atom. The second kappa shape index (κ2) is 8.04. The summed E-state index contributed by atoms with van der Waals surface area (Å²) in [7, 11) is 0. The van der Waals surface area contributed by atoms with Crippen molar-refractivity contribution in [3.05, 3.63) is 58.6 Å². The summed E-state index contributed by atoms with van der Waals surface area (Å²) >= 11 is 1.60. The number of thiophene rings is 1. The Morgan fingerprint density at radius 2 is 1.97 bits per heavy atom. The fourth-order valence-corrected chi connectivity index (χ4v) is 5.50. The molecule has 1 atom stereocenters. The van der Waals surface area contributed by atoms with Gasteiger partial charge in [0.25, 0.3) is 5.91 Å². The van der Waals surface area contributed by atoms with E-state index in [-0.39, 0.29) is 17.9 Å². The second-order valence-electron chi connectivity index (χ2n) is 8.72. The van der Waals surface area contributed by atoms with Gasteiger partial charge >= 0.3 is 0 Å². The molecule has 2 amide bonds. The maximum absolute atomic E-state index is 13.7. The highest BCUT2D eigenvalue weighted by atomic mass is 32.1. The van der Waals surface area contributed by atoms with E-state index >= 15 is 0 Å². The normalized spacial score (nSPS) is 21.8. The Morgan fingerprint density at radius 3 is 2.68 bits per heavy atom. The Kier molecular flexibility index (Phi) is 5.22. The molecule has 1 saturated carbocycles. The van der Waals surface area contributed by atoms with Crippen LogP contribution in [0.1, 0.15) is 54.4 Å². The summed E-state index contributed by atoms with van der Waals surface area (Å²) in [6.07, 6.45) is 7.15. The summed E-state index contributed by atoms with van der Waals surface area (Å²) in [6.45, 7) is 2.71. The first-order chi connectivity index (χ1) is 15.1. The van der Waals surface area contributed by atoms with Crippen molar-refractivity contribution in [2.75, 3.05) is 0 Å². The second-order valence-corrected chi connectivity index (χ2v) is 9.75. The molecule has 0 spiro atoms. The first-order valence-corrected chi connectivity index (χ1v) is 11.8. The van der Waals surface area contributed by atoms with E-state index in [0.29, 0.717) is 24.5 Å². The Labute approximate surface area is 185 Å². The molecule has 1 fully saturated rings. The molecule has 0 aromatic carbocycles. The number of nitrogens with zero attached hydrogens (tertiary/aromatic N) is 2. The molecule has 1 N–H and O–H groups in total. The molecule has 0 saturated heterocycles. The largest absolute Gasteiger partial charge is 0.463 e. The zero-order chi connectivity index (χ0) is 21.4. The van der Waals surface area contributed by atoms with Gasteiger partial charge in [-0.1, -0.05) is 25.3 Å². The topological polar surface area (TPSA) is 67.5 Å². The smallest absolute Gasteiger partial charge is 0.271 e. The fourth-order valence-electron chi connectivity index (χ4n) is 4.81. The van der Waals surface area contributed by atoms with Gasteiger partial charge in [-0.25, -0.2) is 0 Å². The number of fused-ring (bicyclic) bond motifs is 1. The summed E-state index contributed by atoms with van der Waals surface area (Å²) in [5.74, 6) is 0.494. The Hall–Kier alpha value is -2.80. The number of aromatic nitrogens is 1. The maximum atomic E-state index is 13.7. The SMILES string of the molecule is C[C@]1(C(=O)NC2CCCCC2)Cn2c(ccc2-c2ccco2)C(=O)N1Cc1cccs1. The van der Waals surface area contributed by atoms with Crippen LogP contribution in [0.2, 0.25) is 0 Å². The number of rotatable bonds is 5. The van der Waals surface area contributed by atoms with E-state index in [1.807, 2.05) is 53.3 Å². The third kappa shape index (κ3) is 3.61. The molecule has 2 aliphatic rings. The molecule has 0 radical (unpaired) electrons. The van der Waals surface area contributed by atoms with Gasteiger partial charge in [0.1, 0.15) is 17.0 Å². The molecule has 0 bridgehead atoms. The van der Waals surface area contributed by atoms with E-state index in [0.717, 1.165) is 36.3 Å². The van der Waals surface area contributed by atoms with Gasteiger partial charge in [-0.05, 0) is 55.5 Å². The Bertz CT molecular complexity index is 1060. The van der Waals surface area contributed by atoms with Gasteiger partial charge in [0.05, 0.1) is 25.0 Å². The molecule has 3 aromatic rings. The van der Waals surface area contributed by atoms with Crippen LogP contribution in [0, 0.1) is 0 Å². The van der Waals surface area contributed by atoms with Crippen LogP contribution < -0.4 is 5.32 Å². The predicted octanol–water partition coefficient (Wildman–Crippen LogP) is 4.67. The summed E-state index contributed by atoms with van der Waals surface area (Å²) < 4.78 is 7.53. The van der Waals surface area contributed by atoms with Crippen molar-refractivity contribution in [2.45, 2.75) is 63.7 Å². The minimum absolute atomic E-state index is 0.0750. The molecule has 1 aliphatic carbocycles. The van der Waals surface area contributed by atoms with Crippen LogP contribution in [0.25, 0.3) is 11.5 Å². The van der Waals surface area contributed by atoms with Crippen molar-refractivity contribution in [3.8, 4) is 11.5 Å². The average molecular weight is 438 g/mol. The van der Waals surface area contributed by atoms with Gasteiger partial charge in [0, 0.05) is 10.9 Å². The highest BCUT2D eigenvalue weighted by Crippen LogP contribution is 2.35. The van der Waals surface area contributed by atoms with Crippen molar-refractivity contribution in [1.82, 2.24) is 14.8 Å². The molecule has 3 aromatic heterocycles. The quantitative estimate of drug-likeness (QED) is 0.631. The monoisotopic (exact) mass is 437 g/mol. The number of hydrogen-bond acceptors (Lipinski definition) is 4. The fraction of sp³-hybridized carbons (Fsp3) is 0.417. The highest BCUT2D eigenvalue weighted by molar-refractivity contribution is 7.09. The van der Waals surface area contributed by atoms with Gasteiger partial charge < -0.3 is 19.2 Å². The van der Waals surface area contributed by atoms with Crippen molar-refractivity contribution < 1.29 is 14.0 Å². The van der Waals surface area contributed by atoms with Crippen molar-refractivity contribution >= 4 is 23.2 Å². The number of nitrogens with one attached hydrogen (secondary N) is 1. The van der Waals surface area contributed by atoms with Crippen molar-refractivity contribution in [2.24, 2.45) is 0 Å². The van der Waals surface area contributed by atoms with Crippen LogP contribution in [-0.4, -0.2) is 32.9 Å². The van der Waals surface area contributed by atoms with Crippen molar-refractivity contribution in [1.29, 1.82) is 0 Å². The van der Waals surface area contributed by atoms with Gasteiger partial charge in [0.15, 0.2) is 0 Å². The van der Waals surface area contributed by atoms with E-state index in [1.54, 1.807) is 22.5 Å². The first-order valence-electron chi connectivity index (χ1n) is 10.9. The standard InChI is InChI=1S/C24H27N3O3S/c1-24(23(29)25-17-7-3-2-4-8-17)16-26-19(21-10-5-13-30-21)11-12-20(26)22(28)27(24)15-18-9-6-14-31-18/h5-6,9-14,17H,2-4,7-8,15-16H2,1H3,(H,25,29)/t24-/m1/s1. The average Bonchev–Trinajstić information content (AvgIpc) is 3.53. The number of amides is 2. The van der Waals surface area contributed by atoms with E-state index in [4.69, 9.17) is 4.42 Å². The van der Waals surface area contributed by atoms with E-state index in [1.165, 1.54) is 6.42 Å². The third-order valence-corrected chi connectivity index (χ3v) is 7.47. The van der Waals surface area contributed by atoms with Crippen LogP contribution in [0.15, 0.2) is 52.5 Å².